The minimum absolute atomic E-state index is 0.0100. The first kappa shape index (κ1) is 12.1. The lowest BCUT2D eigenvalue weighted by Gasteiger charge is -2.31. The van der Waals surface area contributed by atoms with Gasteiger partial charge in [0.25, 0.3) is 0 Å². The summed E-state index contributed by atoms with van der Waals surface area (Å²) < 4.78 is 5.13. The van der Waals surface area contributed by atoms with Crippen molar-refractivity contribution in [2.75, 3.05) is 32.8 Å². The molecular weight excluding hydrogens is 228 g/mol. The first-order valence-electron chi connectivity index (χ1n) is 5.63. The second kappa shape index (κ2) is 4.89. The minimum atomic E-state index is -1.16. The molecule has 2 saturated heterocycles. The Kier molecular flexibility index (Phi) is 3.49. The molecule has 0 saturated carbocycles. The maximum atomic E-state index is 12.1. The Balaban J connectivity index is 2.04. The van der Waals surface area contributed by atoms with E-state index in [4.69, 9.17) is 9.84 Å². The highest BCUT2D eigenvalue weighted by Gasteiger charge is 2.41. The van der Waals surface area contributed by atoms with E-state index in [0.717, 1.165) is 4.90 Å². The number of carbonyl (C=O) groups excluding carboxylic acids is 1. The van der Waals surface area contributed by atoms with Crippen molar-refractivity contribution >= 4 is 12.0 Å². The normalized spacial score (nSPS) is 29.5. The standard InChI is InChI=1S/C10H16N2O5/c13-7-5-8(12(6-7)10(15)16)9(14)11-1-3-17-4-2-11/h7-8,13H,1-6H2,(H,15,16)/t7-,8+/m1/s1. The van der Waals surface area contributed by atoms with Crippen LogP contribution in [0.3, 0.4) is 0 Å². The SMILES string of the molecule is O=C([C@@H]1C[C@@H](O)CN1C(=O)O)N1CCOCC1. The highest BCUT2D eigenvalue weighted by atomic mass is 16.5. The van der Waals surface area contributed by atoms with Gasteiger partial charge in [-0.1, -0.05) is 0 Å². The van der Waals surface area contributed by atoms with Crippen LogP contribution in [-0.4, -0.2) is 77.0 Å². The van der Waals surface area contributed by atoms with Crippen LogP contribution in [0.5, 0.6) is 0 Å². The van der Waals surface area contributed by atoms with Gasteiger partial charge in [0.2, 0.25) is 5.91 Å². The Bertz CT molecular complexity index is 316. The summed E-state index contributed by atoms with van der Waals surface area (Å²) in [5.74, 6) is -0.229. The van der Waals surface area contributed by atoms with Gasteiger partial charge in [0.15, 0.2) is 0 Å². The smallest absolute Gasteiger partial charge is 0.408 e. The van der Waals surface area contributed by atoms with Gasteiger partial charge in [-0.2, -0.15) is 0 Å². The number of nitrogens with zero attached hydrogens (tertiary/aromatic N) is 2. The topological polar surface area (TPSA) is 90.3 Å². The van der Waals surface area contributed by atoms with Crippen LogP contribution in [0, 0.1) is 0 Å². The zero-order valence-corrected chi connectivity index (χ0v) is 9.41. The number of hydrogen-bond donors (Lipinski definition) is 2. The van der Waals surface area contributed by atoms with Crippen LogP contribution >= 0.6 is 0 Å². The lowest BCUT2D eigenvalue weighted by molar-refractivity contribution is -0.139. The summed E-state index contributed by atoms with van der Waals surface area (Å²) >= 11 is 0. The van der Waals surface area contributed by atoms with Gasteiger partial charge < -0.3 is 19.8 Å². The van der Waals surface area contributed by atoms with Crippen LogP contribution in [0.25, 0.3) is 0 Å². The molecule has 0 aromatic carbocycles. The van der Waals surface area contributed by atoms with Crippen molar-refractivity contribution in [3.8, 4) is 0 Å². The third-order valence-corrected chi connectivity index (χ3v) is 3.13. The van der Waals surface area contributed by atoms with Crippen LogP contribution in [0.4, 0.5) is 4.79 Å². The van der Waals surface area contributed by atoms with Gasteiger partial charge in [0.1, 0.15) is 6.04 Å². The molecule has 2 aliphatic rings. The molecule has 7 heteroatoms. The van der Waals surface area contributed by atoms with Crippen molar-refractivity contribution in [2.24, 2.45) is 0 Å². The molecule has 2 rings (SSSR count). The fraction of sp³-hybridized carbons (Fsp3) is 0.800. The van der Waals surface area contributed by atoms with E-state index in [2.05, 4.69) is 0 Å². The monoisotopic (exact) mass is 244 g/mol. The maximum absolute atomic E-state index is 12.1. The Hall–Kier alpha value is -1.34. The molecule has 17 heavy (non-hydrogen) atoms. The minimum Gasteiger partial charge on any atom is -0.465 e. The molecule has 2 amide bonds. The predicted octanol–water partition coefficient (Wildman–Crippen LogP) is -1.04. The summed E-state index contributed by atoms with van der Waals surface area (Å²) in [6.07, 6.45) is -1.73. The van der Waals surface area contributed by atoms with Crippen LogP contribution in [0.2, 0.25) is 0 Å². The van der Waals surface area contributed by atoms with E-state index in [-0.39, 0.29) is 18.9 Å². The fourth-order valence-corrected chi connectivity index (χ4v) is 2.25. The highest BCUT2D eigenvalue weighted by molar-refractivity contribution is 5.86. The number of hydrogen-bond acceptors (Lipinski definition) is 4. The molecule has 0 aliphatic carbocycles. The number of morpholine rings is 1. The van der Waals surface area contributed by atoms with Crippen molar-refractivity contribution in [3.63, 3.8) is 0 Å². The number of amides is 2. The molecule has 7 nitrogen and oxygen atoms in total. The van der Waals surface area contributed by atoms with Gasteiger partial charge >= 0.3 is 6.09 Å². The Morgan fingerprint density at radius 3 is 2.47 bits per heavy atom. The average molecular weight is 244 g/mol. The molecule has 96 valence electrons. The number of β-amino-alcohol motifs (C(OH)–C–C–N with tert-alkyl or cyclic N) is 1. The molecule has 0 aromatic rings. The molecule has 0 radical (unpaired) electrons. The highest BCUT2D eigenvalue weighted by Crippen LogP contribution is 2.20. The van der Waals surface area contributed by atoms with Crippen molar-refractivity contribution < 1.29 is 24.5 Å². The molecule has 2 atom stereocenters. The third-order valence-electron chi connectivity index (χ3n) is 3.13. The van der Waals surface area contributed by atoms with Crippen LogP contribution in [0.1, 0.15) is 6.42 Å². The Morgan fingerprint density at radius 1 is 1.24 bits per heavy atom. The maximum Gasteiger partial charge on any atom is 0.408 e. The van der Waals surface area contributed by atoms with Crippen LogP contribution in [-0.2, 0) is 9.53 Å². The first-order valence-corrected chi connectivity index (χ1v) is 5.63. The van der Waals surface area contributed by atoms with Crippen molar-refractivity contribution in [2.45, 2.75) is 18.6 Å². The van der Waals surface area contributed by atoms with Gasteiger partial charge in [-0.15, -0.1) is 0 Å². The zero-order valence-electron chi connectivity index (χ0n) is 9.41. The van der Waals surface area contributed by atoms with Gasteiger partial charge in [0, 0.05) is 19.5 Å². The molecule has 2 aliphatic heterocycles. The molecule has 0 unspecified atom stereocenters. The zero-order chi connectivity index (χ0) is 12.4. The van der Waals surface area contributed by atoms with E-state index >= 15 is 0 Å². The number of likely N-dealkylation sites (tertiary alicyclic amines) is 1. The van der Waals surface area contributed by atoms with Gasteiger partial charge in [0.05, 0.1) is 25.9 Å². The molecule has 2 fully saturated rings. The largest absolute Gasteiger partial charge is 0.465 e. The van der Waals surface area contributed by atoms with E-state index in [1.165, 1.54) is 0 Å². The number of aliphatic hydroxyl groups is 1. The van der Waals surface area contributed by atoms with Crippen molar-refractivity contribution in [1.29, 1.82) is 0 Å². The number of carboxylic acid groups (broad SMARTS) is 1. The number of carbonyl (C=O) groups is 2. The Labute approximate surface area is 98.6 Å². The van der Waals surface area contributed by atoms with Crippen molar-refractivity contribution in [1.82, 2.24) is 9.80 Å². The Morgan fingerprint density at radius 2 is 1.88 bits per heavy atom. The molecule has 2 heterocycles. The number of ether oxygens (including phenoxy) is 1. The average Bonchev–Trinajstić information content (AvgIpc) is 2.72. The summed E-state index contributed by atoms with van der Waals surface area (Å²) in [4.78, 5) is 25.7. The predicted molar refractivity (Wildman–Crippen MR) is 56.5 cm³/mol. The summed E-state index contributed by atoms with van der Waals surface area (Å²) in [6.45, 7) is 1.94. The van der Waals surface area contributed by atoms with Gasteiger partial charge in [-0.3, -0.25) is 9.69 Å². The van der Waals surface area contributed by atoms with E-state index in [1.54, 1.807) is 4.90 Å². The van der Waals surface area contributed by atoms with Gasteiger partial charge in [-0.25, -0.2) is 4.79 Å². The second-order valence-electron chi connectivity index (χ2n) is 4.28. The lowest BCUT2D eigenvalue weighted by Crippen LogP contribution is -2.50. The molecule has 0 aromatic heterocycles. The van der Waals surface area contributed by atoms with E-state index in [0.29, 0.717) is 26.3 Å². The lowest BCUT2D eigenvalue weighted by atomic mass is 10.1. The quantitative estimate of drug-likeness (QED) is 0.615. The van der Waals surface area contributed by atoms with E-state index in [1.807, 2.05) is 0 Å². The van der Waals surface area contributed by atoms with Crippen LogP contribution in [0.15, 0.2) is 0 Å². The first-order chi connectivity index (χ1) is 8.09. The number of rotatable bonds is 1. The van der Waals surface area contributed by atoms with E-state index < -0.39 is 18.2 Å². The van der Waals surface area contributed by atoms with E-state index in [9.17, 15) is 14.7 Å². The molecular formula is C10H16N2O5. The van der Waals surface area contributed by atoms with Crippen molar-refractivity contribution in [3.05, 3.63) is 0 Å². The fourth-order valence-electron chi connectivity index (χ4n) is 2.25. The summed E-state index contributed by atoms with van der Waals surface area (Å²) in [6, 6.07) is -0.749. The summed E-state index contributed by atoms with van der Waals surface area (Å²) in [7, 11) is 0. The van der Waals surface area contributed by atoms with Crippen LogP contribution < -0.4 is 0 Å². The van der Waals surface area contributed by atoms with Gasteiger partial charge in [-0.05, 0) is 0 Å². The molecule has 2 N–H and O–H groups in total. The second-order valence-corrected chi connectivity index (χ2v) is 4.28. The third kappa shape index (κ3) is 2.50. The number of aliphatic hydroxyl groups excluding tert-OH is 1. The summed E-state index contributed by atoms with van der Waals surface area (Å²) in [5.41, 5.74) is 0. The summed E-state index contributed by atoms with van der Waals surface area (Å²) in [5, 5.41) is 18.4. The molecule has 0 bridgehead atoms. The molecule has 0 spiro atoms.